The second-order valence-electron chi connectivity index (χ2n) is 4.48. The Kier molecular flexibility index (Phi) is 15.7. The lowest BCUT2D eigenvalue weighted by Gasteiger charge is -2.02. The molecule has 0 amide bonds. The molecule has 3 heteroatoms. The fourth-order valence-corrected chi connectivity index (χ4v) is 2.12. The maximum absolute atomic E-state index is 8.43. The monoisotopic (exact) mass is 248 g/mol. The van der Waals surface area contributed by atoms with E-state index in [1.807, 2.05) is 0 Å². The summed E-state index contributed by atoms with van der Waals surface area (Å²) < 4.78 is 4.90. The third-order valence-electron chi connectivity index (χ3n) is 2.91. The van der Waals surface area contributed by atoms with Crippen molar-refractivity contribution in [1.82, 2.24) is 0 Å². The Hall–Kier alpha value is 0.350. The topological polar surface area (TPSA) is 29.5 Å². The molecule has 1 N–H and O–H groups in total. The van der Waals surface area contributed by atoms with E-state index < -0.39 is 0 Å². The third kappa shape index (κ3) is 14.4. The number of unbranched alkanes of at least 4 members (excludes halogenated alkanes) is 10. The minimum atomic E-state index is -0.331. The highest BCUT2D eigenvalue weighted by Crippen LogP contribution is 2.12. The van der Waals surface area contributed by atoms with Crippen LogP contribution in [0.1, 0.15) is 77.6 Å². The molecular formula is C13H29O2P. The van der Waals surface area contributed by atoms with Crippen molar-refractivity contribution >= 4 is 9.03 Å². The van der Waals surface area contributed by atoms with Gasteiger partial charge in [0, 0.05) is 0 Å². The van der Waals surface area contributed by atoms with Gasteiger partial charge in [0.15, 0.2) is 9.03 Å². The number of hydrogen-bond acceptors (Lipinski definition) is 2. The minimum absolute atomic E-state index is 0.331. The fraction of sp³-hybridized carbons (Fsp3) is 1.00. The van der Waals surface area contributed by atoms with E-state index in [-0.39, 0.29) is 9.03 Å². The minimum Gasteiger partial charge on any atom is -0.352 e. The van der Waals surface area contributed by atoms with Gasteiger partial charge in [0.1, 0.15) is 0 Å². The first kappa shape index (κ1) is 16.4. The van der Waals surface area contributed by atoms with Crippen LogP contribution in [0, 0.1) is 0 Å². The van der Waals surface area contributed by atoms with Crippen molar-refractivity contribution in [2.75, 3.05) is 6.61 Å². The second kappa shape index (κ2) is 15.4. The molecule has 0 aromatic carbocycles. The Morgan fingerprint density at radius 3 is 1.62 bits per heavy atom. The lowest BCUT2D eigenvalue weighted by molar-refractivity contribution is 0.313. The van der Waals surface area contributed by atoms with Crippen molar-refractivity contribution in [3.63, 3.8) is 0 Å². The van der Waals surface area contributed by atoms with Gasteiger partial charge in [0.25, 0.3) is 0 Å². The molecule has 1 unspecified atom stereocenters. The van der Waals surface area contributed by atoms with Crippen LogP contribution in [0.25, 0.3) is 0 Å². The molecule has 0 fully saturated rings. The van der Waals surface area contributed by atoms with Crippen LogP contribution in [-0.4, -0.2) is 11.5 Å². The van der Waals surface area contributed by atoms with Crippen molar-refractivity contribution in [2.45, 2.75) is 77.6 Å². The lowest BCUT2D eigenvalue weighted by atomic mass is 10.1. The molecule has 0 saturated carbocycles. The van der Waals surface area contributed by atoms with Gasteiger partial charge < -0.3 is 9.42 Å². The maximum atomic E-state index is 8.43. The van der Waals surface area contributed by atoms with Gasteiger partial charge in [-0.2, -0.15) is 0 Å². The Labute approximate surface area is 103 Å². The normalized spacial score (nSPS) is 11.6. The van der Waals surface area contributed by atoms with Gasteiger partial charge in [0.05, 0.1) is 6.61 Å². The van der Waals surface area contributed by atoms with Crippen molar-refractivity contribution in [2.24, 2.45) is 0 Å². The van der Waals surface area contributed by atoms with E-state index in [0.29, 0.717) is 0 Å². The summed E-state index contributed by atoms with van der Waals surface area (Å²) in [4.78, 5) is 8.43. The highest BCUT2D eigenvalue weighted by Gasteiger charge is 1.93. The van der Waals surface area contributed by atoms with Crippen LogP contribution in [0.3, 0.4) is 0 Å². The second-order valence-corrected chi connectivity index (χ2v) is 4.95. The molecule has 1 atom stereocenters. The lowest BCUT2D eigenvalue weighted by Crippen LogP contribution is -1.86. The van der Waals surface area contributed by atoms with Gasteiger partial charge in [-0.25, -0.2) is 0 Å². The molecule has 98 valence electrons. The van der Waals surface area contributed by atoms with Crippen molar-refractivity contribution in [1.29, 1.82) is 0 Å². The average Bonchev–Trinajstić information content (AvgIpc) is 2.31. The maximum Gasteiger partial charge on any atom is 0.152 e. The highest BCUT2D eigenvalue weighted by molar-refractivity contribution is 7.24. The quantitative estimate of drug-likeness (QED) is 0.374. The van der Waals surface area contributed by atoms with Gasteiger partial charge in [0.2, 0.25) is 0 Å². The van der Waals surface area contributed by atoms with E-state index >= 15 is 0 Å². The zero-order valence-corrected chi connectivity index (χ0v) is 11.8. The van der Waals surface area contributed by atoms with E-state index in [4.69, 9.17) is 9.42 Å². The standard InChI is InChI=1S/C13H29O2P/c1-2-3-4-5-6-7-8-9-10-11-12-13-15-16-14/h14,16H,2-13H2,1H3. The van der Waals surface area contributed by atoms with Gasteiger partial charge in [-0.05, 0) is 6.42 Å². The largest absolute Gasteiger partial charge is 0.352 e. The zero-order valence-electron chi connectivity index (χ0n) is 10.8. The Morgan fingerprint density at radius 2 is 1.19 bits per heavy atom. The fourth-order valence-electron chi connectivity index (χ4n) is 1.88. The van der Waals surface area contributed by atoms with Crippen LogP contribution >= 0.6 is 9.03 Å². The summed E-state index contributed by atoms with van der Waals surface area (Å²) in [5.41, 5.74) is 0. The Balaban J connectivity index is 2.83. The van der Waals surface area contributed by atoms with E-state index in [1.165, 1.54) is 64.2 Å². The van der Waals surface area contributed by atoms with E-state index in [0.717, 1.165) is 13.0 Å². The smallest absolute Gasteiger partial charge is 0.152 e. The molecule has 0 aliphatic rings. The molecule has 0 heterocycles. The SMILES string of the molecule is CCCCCCCCCCCCCOPO. The summed E-state index contributed by atoms with van der Waals surface area (Å²) in [6.45, 7) is 2.99. The first-order valence-electron chi connectivity index (χ1n) is 6.92. The van der Waals surface area contributed by atoms with Crippen LogP contribution in [0.4, 0.5) is 0 Å². The van der Waals surface area contributed by atoms with Gasteiger partial charge in [-0.1, -0.05) is 71.1 Å². The van der Waals surface area contributed by atoms with E-state index in [1.54, 1.807) is 0 Å². The van der Waals surface area contributed by atoms with Crippen molar-refractivity contribution < 1.29 is 9.42 Å². The first-order valence-corrected chi connectivity index (χ1v) is 7.78. The summed E-state index contributed by atoms with van der Waals surface area (Å²) in [6, 6.07) is 0. The molecule has 0 rings (SSSR count). The van der Waals surface area contributed by atoms with Crippen LogP contribution in [-0.2, 0) is 4.52 Å². The zero-order chi connectivity index (χ0) is 11.9. The molecule has 2 nitrogen and oxygen atoms in total. The van der Waals surface area contributed by atoms with Crippen molar-refractivity contribution in [3.8, 4) is 0 Å². The number of hydrogen-bond donors (Lipinski definition) is 1. The van der Waals surface area contributed by atoms with E-state index in [9.17, 15) is 0 Å². The van der Waals surface area contributed by atoms with Crippen LogP contribution in [0.5, 0.6) is 0 Å². The summed E-state index contributed by atoms with van der Waals surface area (Å²) in [5.74, 6) is 0. The molecule has 0 aromatic heterocycles. The highest BCUT2D eigenvalue weighted by atomic mass is 31.1. The average molecular weight is 248 g/mol. The summed E-state index contributed by atoms with van der Waals surface area (Å²) in [5, 5.41) is 0. The first-order chi connectivity index (χ1) is 7.91. The third-order valence-corrected chi connectivity index (χ3v) is 3.25. The van der Waals surface area contributed by atoms with Gasteiger partial charge in [-0.3, -0.25) is 0 Å². The molecule has 0 aromatic rings. The predicted molar refractivity (Wildman–Crippen MR) is 72.9 cm³/mol. The molecular weight excluding hydrogens is 219 g/mol. The molecule has 0 aliphatic heterocycles. The van der Waals surface area contributed by atoms with Crippen LogP contribution in [0.2, 0.25) is 0 Å². The van der Waals surface area contributed by atoms with Crippen LogP contribution in [0.15, 0.2) is 0 Å². The molecule has 0 aliphatic carbocycles. The summed E-state index contributed by atoms with van der Waals surface area (Å²) in [7, 11) is -0.331. The molecule has 0 bridgehead atoms. The Morgan fingerprint density at radius 1 is 0.750 bits per heavy atom. The predicted octanol–water partition coefficient (Wildman–Crippen LogP) is 4.81. The molecule has 0 spiro atoms. The van der Waals surface area contributed by atoms with Crippen LogP contribution < -0.4 is 0 Å². The molecule has 16 heavy (non-hydrogen) atoms. The number of rotatable bonds is 13. The molecule has 0 radical (unpaired) electrons. The van der Waals surface area contributed by atoms with E-state index in [2.05, 4.69) is 6.92 Å². The van der Waals surface area contributed by atoms with Crippen molar-refractivity contribution in [3.05, 3.63) is 0 Å². The molecule has 0 saturated heterocycles. The van der Waals surface area contributed by atoms with Gasteiger partial charge >= 0.3 is 0 Å². The Bertz CT molecular complexity index is 107. The summed E-state index contributed by atoms with van der Waals surface area (Å²) in [6.07, 6.45) is 14.9. The van der Waals surface area contributed by atoms with Gasteiger partial charge in [-0.15, -0.1) is 0 Å². The summed E-state index contributed by atoms with van der Waals surface area (Å²) >= 11 is 0.